The van der Waals surface area contributed by atoms with Crippen molar-refractivity contribution in [1.29, 1.82) is 0 Å². The number of nitrogens with two attached hydrogens (primary N) is 1. The number of nitrogens with zero attached hydrogens (tertiary/aromatic N) is 2. The molecule has 0 amide bonds. The lowest BCUT2D eigenvalue weighted by molar-refractivity contribution is 0.401. The number of halogens is 1. The highest BCUT2D eigenvalue weighted by molar-refractivity contribution is 9.10. The molecule has 0 radical (unpaired) electrons. The van der Waals surface area contributed by atoms with Crippen molar-refractivity contribution in [2.45, 2.75) is 0 Å². The molecule has 0 aliphatic carbocycles. The van der Waals surface area contributed by atoms with Gasteiger partial charge in [0.1, 0.15) is 5.82 Å². The van der Waals surface area contributed by atoms with E-state index in [-0.39, 0.29) is 11.5 Å². The van der Waals surface area contributed by atoms with Crippen LogP contribution in [0.3, 0.4) is 0 Å². The molecule has 0 aliphatic rings. The predicted octanol–water partition coefficient (Wildman–Crippen LogP) is 1.84. The summed E-state index contributed by atoms with van der Waals surface area (Å²) in [5, 5.41) is 23.0. The van der Waals surface area contributed by atoms with Gasteiger partial charge < -0.3 is 15.9 Å². The van der Waals surface area contributed by atoms with Gasteiger partial charge in [0.2, 0.25) is 0 Å². The maximum Gasteiger partial charge on any atom is 0.171 e. The molecule has 84 valence electrons. The molecular weight excluding hydrogens is 274 g/mol. The Kier molecular flexibility index (Phi) is 2.51. The summed E-state index contributed by atoms with van der Waals surface area (Å²) in [7, 11) is 1.73. The molecule has 1 heterocycles. The van der Waals surface area contributed by atoms with E-state index in [0.29, 0.717) is 21.5 Å². The lowest BCUT2D eigenvalue weighted by Gasteiger charge is -2.03. The van der Waals surface area contributed by atoms with Crippen LogP contribution in [0.4, 0.5) is 5.82 Å². The Morgan fingerprint density at radius 3 is 2.50 bits per heavy atom. The van der Waals surface area contributed by atoms with E-state index in [1.54, 1.807) is 19.2 Å². The highest BCUT2D eigenvalue weighted by atomic mass is 79.9. The molecule has 0 spiro atoms. The molecule has 6 heteroatoms. The first-order valence-electron chi connectivity index (χ1n) is 4.50. The van der Waals surface area contributed by atoms with Crippen molar-refractivity contribution >= 4 is 21.7 Å². The Balaban J connectivity index is 2.56. The summed E-state index contributed by atoms with van der Waals surface area (Å²) in [5.41, 5.74) is 6.97. The minimum Gasteiger partial charge on any atom is -0.504 e. The summed E-state index contributed by atoms with van der Waals surface area (Å²) in [6.07, 6.45) is 0. The van der Waals surface area contributed by atoms with Crippen LogP contribution >= 0.6 is 15.9 Å². The van der Waals surface area contributed by atoms with Gasteiger partial charge in [-0.3, -0.25) is 4.68 Å². The number of aryl methyl sites for hydroxylation is 1. The molecule has 1 aromatic heterocycles. The van der Waals surface area contributed by atoms with E-state index < -0.39 is 0 Å². The largest absolute Gasteiger partial charge is 0.504 e. The molecule has 0 bridgehead atoms. The van der Waals surface area contributed by atoms with E-state index >= 15 is 0 Å². The van der Waals surface area contributed by atoms with Crippen molar-refractivity contribution in [1.82, 2.24) is 9.78 Å². The van der Waals surface area contributed by atoms with Gasteiger partial charge in [-0.1, -0.05) is 0 Å². The van der Waals surface area contributed by atoms with Crippen molar-refractivity contribution in [3.63, 3.8) is 0 Å². The first kappa shape index (κ1) is 10.8. The third-order valence-corrected chi connectivity index (χ3v) is 2.86. The summed E-state index contributed by atoms with van der Waals surface area (Å²) in [5.74, 6) is 0.139. The van der Waals surface area contributed by atoms with Crippen molar-refractivity contribution in [3.8, 4) is 22.8 Å². The number of nitrogen functional groups attached to an aromatic ring is 1. The van der Waals surface area contributed by atoms with Crippen LogP contribution in [0.15, 0.2) is 22.7 Å². The molecule has 16 heavy (non-hydrogen) atoms. The monoisotopic (exact) mass is 283 g/mol. The highest BCUT2D eigenvalue weighted by Gasteiger charge is 2.11. The zero-order chi connectivity index (χ0) is 11.9. The molecule has 0 unspecified atom stereocenters. The van der Waals surface area contributed by atoms with Crippen LogP contribution in [0.25, 0.3) is 11.3 Å². The van der Waals surface area contributed by atoms with Crippen molar-refractivity contribution in [2.24, 2.45) is 7.05 Å². The molecule has 0 atom stereocenters. The number of hydrogen-bond donors (Lipinski definition) is 3. The molecular formula is C10H10BrN3O2. The maximum atomic E-state index is 9.47. The Morgan fingerprint density at radius 2 is 2.00 bits per heavy atom. The SMILES string of the molecule is Cn1nc(-c2cc(O)c(O)c(Br)c2)cc1N. The lowest BCUT2D eigenvalue weighted by atomic mass is 10.1. The van der Waals surface area contributed by atoms with E-state index in [9.17, 15) is 10.2 Å². The first-order valence-corrected chi connectivity index (χ1v) is 5.29. The molecule has 1 aromatic carbocycles. The Morgan fingerprint density at radius 1 is 1.31 bits per heavy atom. The number of rotatable bonds is 1. The maximum absolute atomic E-state index is 9.47. The normalized spacial score (nSPS) is 10.6. The topological polar surface area (TPSA) is 84.3 Å². The van der Waals surface area contributed by atoms with Gasteiger partial charge >= 0.3 is 0 Å². The Bertz CT molecular complexity index is 508. The second-order valence-electron chi connectivity index (χ2n) is 3.40. The number of aromatic hydroxyl groups is 2. The minimum atomic E-state index is -0.200. The van der Waals surface area contributed by atoms with Crippen LogP contribution in [0, 0.1) is 0 Å². The van der Waals surface area contributed by atoms with Gasteiger partial charge in [-0.2, -0.15) is 5.10 Å². The summed E-state index contributed by atoms with van der Waals surface area (Å²) in [4.78, 5) is 0. The number of phenolic OH excluding ortho intramolecular Hbond substituents is 2. The zero-order valence-electron chi connectivity index (χ0n) is 8.48. The average Bonchev–Trinajstić information content (AvgIpc) is 2.55. The van der Waals surface area contributed by atoms with Crippen molar-refractivity contribution in [2.75, 3.05) is 5.73 Å². The molecule has 2 rings (SSSR count). The van der Waals surface area contributed by atoms with Gasteiger partial charge in [0.05, 0.1) is 10.2 Å². The fourth-order valence-electron chi connectivity index (χ4n) is 1.36. The quantitative estimate of drug-likeness (QED) is 0.698. The third kappa shape index (κ3) is 1.71. The van der Waals surface area contributed by atoms with E-state index in [4.69, 9.17) is 5.73 Å². The van der Waals surface area contributed by atoms with E-state index in [2.05, 4.69) is 21.0 Å². The summed E-state index contributed by atoms with van der Waals surface area (Å²) in [6.45, 7) is 0. The summed E-state index contributed by atoms with van der Waals surface area (Å²) in [6, 6.07) is 4.79. The first-order chi connectivity index (χ1) is 7.49. The summed E-state index contributed by atoms with van der Waals surface area (Å²) >= 11 is 3.14. The van der Waals surface area contributed by atoms with Crippen LogP contribution in [0.1, 0.15) is 0 Å². The summed E-state index contributed by atoms with van der Waals surface area (Å²) < 4.78 is 1.94. The number of anilines is 1. The third-order valence-electron chi connectivity index (χ3n) is 2.26. The fraction of sp³-hybridized carbons (Fsp3) is 0.100. The van der Waals surface area contributed by atoms with Gasteiger partial charge in [0.25, 0.3) is 0 Å². The molecule has 0 saturated carbocycles. The van der Waals surface area contributed by atoms with Gasteiger partial charge in [-0.25, -0.2) is 0 Å². The smallest absolute Gasteiger partial charge is 0.171 e. The number of benzene rings is 1. The average molecular weight is 284 g/mol. The van der Waals surface area contributed by atoms with Gasteiger partial charge in [0, 0.05) is 18.7 Å². The van der Waals surface area contributed by atoms with Crippen LogP contribution in [0.5, 0.6) is 11.5 Å². The van der Waals surface area contributed by atoms with Crippen LogP contribution in [-0.4, -0.2) is 20.0 Å². The molecule has 0 fully saturated rings. The number of hydrogen-bond acceptors (Lipinski definition) is 4. The Hall–Kier alpha value is -1.69. The van der Waals surface area contributed by atoms with E-state index in [1.165, 1.54) is 10.7 Å². The fourth-order valence-corrected chi connectivity index (χ4v) is 1.80. The van der Waals surface area contributed by atoms with E-state index in [0.717, 1.165) is 0 Å². The predicted molar refractivity (Wildman–Crippen MR) is 64.1 cm³/mol. The molecule has 4 N–H and O–H groups in total. The molecule has 5 nitrogen and oxygen atoms in total. The van der Waals surface area contributed by atoms with Gasteiger partial charge in [0.15, 0.2) is 11.5 Å². The minimum absolute atomic E-state index is 0.187. The lowest BCUT2D eigenvalue weighted by Crippen LogP contribution is -1.96. The molecule has 2 aromatic rings. The molecule has 0 saturated heterocycles. The number of aromatic nitrogens is 2. The molecule has 0 aliphatic heterocycles. The standard InChI is InChI=1S/C10H10BrN3O2/c1-14-9(12)4-7(13-14)5-2-6(11)10(16)8(15)3-5/h2-4,15-16H,12H2,1H3. The van der Waals surface area contributed by atoms with Crippen LogP contribution in [0.2, 0.25) is 0 Å². The second-order valence-corrected chi connectivity index (χ2v) is 4.26. The highest BCUT2D eigenvalue weighted by Crippen LogP contribution is 2.37. The second kappa shape index (κ2) is 3.71. The van der Waals surface area contributed by atoms with Gasteiger partial charge in [-0.15, -0.1) is 0 Å². The van der Waals surface area contributed by atoms with Crippen LogP contribution < -0.4 is 5.73 Å². The van der Waals surface area contributed by atoms with Crippen LogP contribution in [-0.2, 0) is 7.05 Å². The number of phenols is 2. The van der Waals surface area contributed by atoms with E-state index in [1.807, 2.05) is 0 Å². The van der Waals surface area contributed by atoms with Crippen molar-refractivity contribution < 1.29 is 10.2 Å². The Labute approximate surface area is 100 Å². The van der Waals surface area contributed by atoms with Crippen molar-refractivity contribution in [3.05, 3.63) is 22.7 Å². The van der Waals surface area contributed by atoms with Gasteiger partial charge in [-0.05, 0) is 28.1 Å². The zero-order valence-corrected chi connectivity index (χ0v) is 10.1.